The zero-order chi connectivity index (χ0) is 18.7. The van der Waals surface area contributed by atoms with E-state index >= 15 is 0 Å². The van der Waals surface area contributed by atoms with Gasteiger partial charge in [0.25, 0.3) is 5.91 Å². The lowest BCUT2D eigenvalue weighted by molar-refractivity contribution is -0.157. The second-order valence-corrected chi connectivity index (χ2v) is 7.26. The molecule has 0 saturated carbocycles. The van der Waals surface area contributed by atoms with Gasteiger partial charge >= 0.3 is 5.97 Å². The molecule has 0 radical (unpaired) electrons. The number of carbonyl (C=O) groups excluding carboxylic acids is 3. The topological polar surface area (TPSA) is 66.9 Å². The van der Waals surface area contributed by atoms with Gasteiger partial charge in [-0.2, -0.15) is 0 Å². The van der Waals surface area contributed by atoms with Gasteiger partial charge in [-0.3, -0.25) is 9.59 Å². The summed E-state index contributed by atoms with van der Waals surface area (Å²) in [5, 5.41) is 0. The van der Waals surface area contributed by atoms with Crippen LogP contribution in [-0.4, -0.2) is 48.4 Å². The Morgan fingerprint density at radius 1 is 1.12 bits per heavy atom. The summed E-state index contributed by atoms with van der Waals surface area (Å²) >= 11 is 0. The summed E-state index contributed by atoms with van der Waals surface area (Å²) in [6, 6.07) is 7.20. The molecule has 26 heavy (non-hydrogen) atoms. The van der Waals surface area contributed by atoms with Crippen molar-refractivity contribution in [3.63, 3.8) is 0 Å². The molecule has 2 heterocycles. The van der Waals surface area contributed by atoms with Gasteiger partial charge in [0.2, 0.25) is 5.91 Å². The quantitative estimate of drug-likeness (QED) is 0.757. The van der Waals surface area contributed by atoms with Crippen molar-refractivity contribution in [1.82, 2.24) is 4.90 Å². The van der Waals surface area contributed by atoms with Crippen LogP contribution in [0.5, 0.6) is 0 Å². The zero-order valence-electron chi connectivity index (χ0n) is 15.4. The summed E-state index contributed by atoms with van der Waals surface area (Å²) in [5.74, 6) is -0.790. The van der Waals surface area contributed by atoms with E-state index in [0.717, 1.165) is 30.5 Å². The van der Waals surface area contributed by atoms with Crippen molar-refractivity contribution in [2.45, 2.75) is 45.6 Å². The maximum atomic E-state index is 12.6. The van der Waals surface area contributed by atoms with Gasteiger partial charge in [0.05, 0.1) is 0 Å². The fraction of sp³-hybridized carbons (Fsp3) is 0.550. The van der Waals surface area contributed by atoms with Crippen LogP contribution in [-0.2, 0) is 25.5 Å². The molecule has 2 aliphatic rings. The fourth-order valence-corrected chi connectivity index (χ4v) is 3.81. The highest BCUT2D eigenvalue weighted by atomic mass is 16.5. The molecular formula is C20H26N2O4. The number of aryl methyl sites for hydroxylation is 1. The van der Waals surface area contributed by atoms with Crippen LogP contribution in [0.4, 0.5) is 5.69 Å². The number of para-hydroxylation sites is 1. The Balaban J connectivity index is 1.64. The van der Waals surface area contributed by atoms with Gasteiger partial charge < -0.3 is 14.5 Å². The van der Waals surface area contributed by atoms with E-state index in [-0.39, 0.29) is 24.3 Å². The van der Waals surface area contributed by atoms with Crippen LogP contribution in [0.2, 0.25) is 0 Å². The van der Waals surface area contributed by atoms with Gasteiger partial charge in [-0.25, -0.2) is 4.79 Å². The number of likely N-dealkylation sites (tertiary alicyclic amines) is 1. The molecule has 0 N–H and O–H groups in total. The molecule has 1 aromatic carbocycles. The summed E-state index contributed by atoms with van der Waals surface area (Å²) in [5.41, 5.74) is 2.04. The van der Waals surface area contributed by atoms with Crippen LogP contribution in [0.3, 0.4) is 0 Å². The predicted octanol–water partition coefficient (Wildman–Crippen LogP) is 2.16. The molecule has 1 saturated heterocycles. The molecule has 2 aliphatic heterocycles. The first-order valence-corrected chi connectivity index (χ1v) is 9.33. The SMILES string of the molecule is CC(C)C(C(=O)OCC(=O)N1CCCc2ccccc21)N1CCCC1=O. The van der Waals surface area contributed by atoms with Crippen molar-refractivity contribution in [2.75, 3.05) is 24.6 Å². The van der Waals surface area contributed by atoms with Crippen LogP contribution in [0.25, 0.3) is 0 Å². The van der Waals surface area contributed by atoms with Crippen LogP contribution in [0, 0.1) is 5.92 Å². The van der Waals surface area contributed by atoms with Crippen LogP contribution >= 0.6 is 0 Å². The molecule has 0 aromatic heterocycles. The van der Waals surface area contributed by atoms with Crippen molar-refractivity contribution in [1.29, 1.82) is 0 Å². The van der Waals surface area contributed by atoms with Gasteiger partial charge in [0.1, 0.15) is 6.04 Å². The Hall–Kier alpha value is -2.37. The van der Waals surface area contributed by atoms with Gasteiger partial charge in [-0.05, 0) is 36.8 Å². The Labute approximate surface area is 154 Å². The van der Waals surface area contributed by atoms with Crippen LogP contribution in [0.15, 0.2) is 24.3 Å². The molecule has 1 fully saturated rings. The second-order valence-electron chi connectivity index (χ2n) is 7.26. The van der Waals surface area contributed by atoms with Crippen molar-refractivity contribution >= 4 is 23.5 Å². The van der Waals surface area contributed by atoms with Crippen molar-refractivity contribution in [3.05, 3.63) is 29.8 Å². The van der Waals surface area contributed by atoms with Crippen LogP contribution in [0.1, 0.15) is 38.7 Å². The lowest BCUT2D eigenvalue weighted by atomic mass is 10.0. The first-order valence-electron chi connectivity index (χ1n) is 9.33. The van der Waals surface area contributed by atoms with Crippen molar-refractivity contribution < 1.29 is 19.1 Å². The Kier molecular flexibility index (Phi) is 5.59. The number of fused-ring (bicyclic) bond motifs is 1. The maximum absolute atomic E-state index is 12.6. The highest BCUT2D eigenvalue weighted by Crippen LogP contribution is 2.27. The first-order chi connectivity index (χ1) is 12.5. The third-order valence-corrected chi connectivity index (χ3v) is 5.07. The molecule has 0 aliphatic carbocycles. The number of rotatable bonds is 5. The highest BCUT2D eigenvalue weighted by Gasteiger charge is 2.36. The lowest BCUT2D eigenvalue weighted by Crippen LogP contribution is -2.47. The minimum absolute atomic E-state index is 0.0167. The number of carbonyl (C=O) groups is 3. The smallest absolute Gasteiger partial charge is 0.329 e. The van der Waals surface area contributed by atoms with E-state index in [4.69, 9.17) is 4.74 Å². The Bertz CT molecular complexity index is 701. The normalized spacial score (nSPS) is 18.0. The molecule has 6 heteroatoms. The minimum atomic E-state index is -0.619. The summed E-state index contributed by atoms with van der Waals surface area (Å²) in [4.78, 5) is 40.4. The Morgan fingerprint density at radius 2 is 1.85 bits per heavy atom. The van der Waals surface area contributed by atoms with Gasteiger partial charge in [-0.1, -0.05) is 32.0 Å². The molecular weight excluding hydrogens is 332 g/mol. The molecule has 2 amide bonds. The summed E-state index contributed by atoms with van der Waals surface area (Å²) in [6.07, 6.45) is 3.08. The number of esters is 1. The fourth-order valence-electron chi connectivity index (χ4n) is 3.81. The third kappa shape index (κ3) is 3.74. The van der Waals surface area contributed by atoms with Crippen molar-refractivity contribution in [3.8, 4) is 0 Å². The molecule has 3 rings (SSSR count). The predicted molar refractivity (Wildman–Crippen MR) is 97.6 cm³/mol. The van der Waals surface area contributed by atoms with Gasteiger partial charge in [-0.15, -0.1) is 0 Å². The maximum Gasteiger partial charge on any atom is 0.329 e. The molecule has 1 unspecified atom stereocenters. The van der Waals surface area contributed by atoms with Gasteiger partial charge in [0.15, 0.2) is 6.61 Å². The second kappa shape index (κ2) is 7.89. The number of nitrogens with zero attached hydrogens (tertiary/aromatic N) is 2. The molecule has 140 valence electrons. The third-order valence-electron chi connectivity index (χ3n) is 5.07. The Morgan fingerprint density at radius 3 is 2.54 bits per heavy atom. The average Bonchev–Trinajstić information content (AvgIpc) is 3.04. The minimum Gasteiger partial charge on any atom is -0.454 e. The van der Waals surface area contributed by atoms with E-state index in [0.29, 0.717) is 19.5 Å². The monoisotopic (exact) mass is 358 g/mol. The summed E-state index contributed by atoms with van der Waals surface area (Å²) < 4.78 is 5.33. The molecule has 1 aromatic rings. The highest BCUT2D eigenvalue weighted by molar-refractivity contribution is 5.96. The van der Waals surface area contributed by atoms with Crippen LogP contribution < -0.4 is 4.90 Å². The number of hydrogen-bond donors (Lipinski definition) is 0. The lowest BCUT2D eigenvalue weighted by Gasteiger charge is -2.31. The van der Waals surface area contributed by atoms with E-state index in [1.165, 1.54) is 0 Å². The number of amides is 2. The first kappa shape index (κ1) is 18.4. The van der Waals surface area contributed by atoms with E-state index in [2.05, 4.69) is 0 Å². The van der Waals surface area contributed by atoms with Crippen molar-refractivity contribution in [2.24, 2.45) is 5.92 Å². The van der Waals surface area contributed by atoms with Gasteiger partial charge in [0, 0.05) is 25.2 Å². The number of hydrogen-bond acceptors (Lipinski definition) is 4. The van der Waals surface area contributed by atoms with E-state index in [1.807, 2.05) is 38.1 Å². The van der Waals surface area contributed by atoms with E-state index in [1.54, 1.807) is 9.80 Å². The molecule has 1 atom stereocenters. The summed E-state index contributed by atoms with van der Waals surface area (Å²) in [7, 11) is 0. The number of benzene rings is 1. The average molecular weight is 358 g/mol. The van der Waals surface area contributed by atoms with E-state index < -0.39 is 12.0 Å². The zero-order valence-corrected chi connectivity index (χ0v) is 15.4. The molecule has 0 bridgehead atoms. The van der Waals surface area contributed by atoms with E-state index in [9.17, 15) is 14.4 Å². The number of ether oxygens (including phenoxy) is 1. The summed E-state index contributed by atoms with van der Waals surface area (Å²) in [6.45, 7) is 4.69. The molecule has 0 spiro atoms. The standard InChI is InChI=1S/C20H26N2O4/c1-14(2)19(22-12-6-10-17(22)23)20(25)26-13-18(24)21-11-5-8-15-7-3-4-9-16(15)21/h3-4,7,9,14,19H,5-6,8,10-13H2,1-2H3. The molecule has 6 nitrogen and oxygen atoms in total. The largest absolute Gasteiger partial charge is 0.454 e. The number of anilines is 1.